The lowest BCUT2D eigenvalue weighted by Gasteiger charge is -2.40. The van der Waals surface area contributed by atoms with E-state index in [0.717, 1.165) is 37.0 Å². The lowest BCUT2D eigenvalue weighted by atomic mass is 9.82. The highest BCUT2D eigenvalue weighted by Gasteiger charge is 2.39. The number of carbonyl (C=O) groups is 2. The van der Waals surface area contributed by atoms with Crippen molar-refractivity contribution in [1.82, 2.24) is 14.1 Å². The quantitative estimate of drug-likeness (QED) is 0.505. The van der Waals surface area contributed by atoms with E-state index in [1.807, 2.05) is 20.8 Å². The summed E-state index contributed by atoms with van der Waals surface area (Å²) in [5.74, 6) is 5.49. The first kappa shape index (κ1) is 29.3. The normalized spacial score (nSPS) is 21.3. The second-order valence-electron chi connectivity index (χ2n) is 11.7. The maximum Gasteiger partial charge on any atom is 0.348 e. The van der Waals surface area contributed by atoms with Gasteiger partial charge in [0.2, 0.25) is 5.91 Å². The molecule has 0 spiro atoms. The standard InChI is InChI=1S/C28H38N4O5S2/c1-19-6-8-20(9-7-19)26(33)32(23-18-22(10-14-28(2,3)4)38-25(23)27(34)35)21-12-16-31(17-13-21)39(36,37)24-11-15-29-30(24)5/h11,15,18-21H,6-9,12-13,16-17H2,1-5H3,(H,34,35)/t19-,20-. The van der Waals surface area contributed by atoms with Crippen LogP contribution in [-0.2, 0) is 21.9 Å². The molecule has 9 nitrogen and oxygen atoms in total. The third-order valence-corrected chi connectivity index (χ3v) is 10.5. The molecule has 2 fully saturated rings. The van der Waals surface area contributed by atoms with Crippen LogP contribution in [0.3, 0.4) is 0 Å². The molecule has 0 atom stereocenters. The molecular formula is C28H38N4O5S2. The summed E-state index contributed by atoms with van der Waals surface area (Å²) < 4.78 is 29.2. The molecule has 1 N–H and O–H groups in total. The first-order valence-corrected chi connectivity index (χ1v) is 15.7. The van der Waals surface area contributed by atoms with Crippen LogP contribution < -0.4 is 4.90 Å². The van der Waals surface area contributed by atoms with E-state index in [0.29, 0.717) is 29.3 Å². The number of piperidine rings is 1. The Labute approximate surface area is 235 Å². The Balaban J connectivity index is 1.67. The van der Waals surface area contributed by atoms with Crippen LogP contribution in [-0.4, -0.2) is 58.6 Å². The van der Waals surface area contributed by atoms with Crippen molar-refractivity contribution in [2.75, 3.05) is 18.0 Å². The van der Waals surface area contributed by atoms with Gasteiger partial charge in [-0.1, -0.05) is 18.8 Å². The van der Waals surface area contributed by atoms with Gasteiger partial charge in [0.25, 0.3) is 10.0 Å². The number of hydrogen-bond donors (Lipinski definition) is 1. The molecule has 2 aromatic heterocycles. The van der Waals surface area contributed by atoms with Gasteiger partial charge in [-0.2, -0.15) is 9.40 Å². The summed E-state index contributed by atoms with van der Waals surface area (Å²) in [5.41, 5.74) is 0.121. The summed E-state index contributed by atoms with van der Waals surface area (Å²) in [6, 6.07) is 2.90. The minimum Gasteiger partial charge on any atom is -0.477 e. The number of anilines is 1. The first-order valence-electron chi connectivity index (χ1n) is 13.5. The highest BCUT2D eigenvalue weighted by molar-refractivity contribution is 7.89. The van der Waals surface area contributed by atoms with Crippen LogP contribution in [0.4, 0.5) is 5.69 Å². The van der Waals surface area contributed by atoms with Crippen LogP contribution >= 0.6 is 11.3 Å². The van der Waals surface area contributed by atoms with Crippen LogP contribution in [0.15, 0.2) is 23.4 Å². The maximum absolute atomic E-state index is 14.1. The molecule has 1 saturated heterocycles. The molecule has 1 amide bonds. The van der Waals surface area contributed by atoms with E-state index in [2.05, 4.69) is 23.9 Å². The summed E-state index contributed by atoms with van der Waals surface area (Å²) in [4.78, 5) is 28.8. The number of carbonyl (C=O) groups excluding carboxylic acids is 1. The lowest BCUT2D eigenvalue weighted by molar-refractivity contribution is -0.124. The summed E-state index contributed by atoms with van der Waals surface area (Å²) in [5, 5.41) is 14.2. The fourth-order valence-corrected chi connectivity index (χ4v) is 7.72. The molecule has 2 aromatic rings. The minimum absolute atomic E-state index is 0.0644. The molecule has 11 heteroatoms. The van der Waals surface area contributed by atoms with Crippen molar-refractivity contribution in [2.45, 2.75) is 77.3 Å². The number of carboxylic acids is 1. The molecule has 4 rings (SSSR count). The smallest absolute Gasteiger partial charge is 0.348 e. The van der Waals surface area contributed by atoms with Gasteiger partial charge in [0.05, 0.1) is 16.8 Å². The van der Waals surface area contributed by atoms with Gasteiger partial charge < -0.3 is 10.0 Å². The molecule has 39 heavy (non-hydrogen) atoms. The average molecular weight is 575 g/mol. The van der Waals surface area contributed by atoms with E-state index < -0.39 is 16.0 Å². The summed E-state index contributed by atoms with van der Waals surface area (Å²) in [6.45, 7) is 8.61. The second-order valence-corrected chi connectivity index (χ2v) is 14.7. The van der Waals surface area contributed by atoms with Crippen molar-refractivity contribution in [3.63, 3.8) is 0 Å². The van der Waals surface area contributed by atoms with E-state index in [-0.39, 0.29) is 46.3 Å². The average Bonchev–Trinajstić information content (AvgIpc) is 3.50. The number of aromatic carboxylic acids is 1. The Kier molecular flexibility index (Phi) is 8.59. The molecule has 1 saturated carbocycles. The van der Waals surface area contributed by atoms with Gasteiger partial charge in [-0.05, 0) is 77.3 Å². The van der Waals surface area contributed by atoms with Crippen molar-refractivity contribution < 1.29 is 23.1 Å². The van der Waals surface area contributed by atoms with Gasteiger partial charge >= 0.3 is 5.97 Å². The van der Waals surface area contributed by atoms with Crippen molar-refractivity contribution in [3.8, 4) is 11.8 Å². The van der Waals surface area contributed by atoms with Crippen LogP contribution in [0.1, 0.15) is 80.8 Å². The van der Waals surface area contributed by atoms with Crippen molar-refractivity contribution in [1.29, 1.82) is 0 Å². The number of amides is 1. The minimum atomic E-state index is -3.73. The van der Waals surface area contributed by atoms with E-state index >= 15 is 0 Å². The predicted molar refractivity (Wildman–Crippen MR) is 151 cm³/mol. The van der Waals surface area contributed by atoms with E-state index in [9.17, 15) is 23.1 Å². The van der Waals surface area contributed by atoms with Crippen molar-refractivity contribution in [3.05, 3.63) is 28.1 Å². The van der Waals surface area contributed by atoms with Crippen LogP contribution in [0.25, 0.3) is 0 Å². The molecule has 212 valence electrons. The molecule has 2 aliphatic rings. The molecule has 3 heterocycles. The van der Waals surface area contributed by atoms with Gasteiger partial charge in [0, 0.05) is 37.5 Å². The molecule has 1 aliphatic carbocycles. The summed E-state index contributed by atoms with van der Waals surface area (Å²) >= 11 is 1.09. The number of carboxylic acid groups (broad SMARTS) is 1. The summed E-state index contributed by atoms with van der Waals surface area (Å²) in [7, 11) is -2.14. The monoisotopic (exact) mass is 574 g/mol. The Bertz CT molecular complexity index is 1380. The number of sulfonamides is 1. The van der Waals surface area contributed by atoms with Gasteiger partial charge in [-0.3, -0.25) is 9.48 Å². The molecule has 0 bridgehead atoms. The largest absolute Gasteiger partial charge is 0.477 e. The van der Waals surface area contributed by atoms with Crippen molar-refractivity contribution >= 4 is 38.9 Å². The highest BCUT2D eigenvalue weighted by Crippen LogP contribution is 2.38. The first-order chi connectivity index (χ1) is 18.3. The SMILES string of the molecule is Cn1nccc1S(=O)(=O)N1CCC(N(c2cc(C#CC(C)(C)C)sc2C(=O)O)C(=O)[C@H]2CC[C@H](C)CC2)CC1. The zero-order chi connectivity index (χ0) is 28.5. The van der Waals surface area contributed by atoms with Crippen molar-refractivity contribution in [2.24, 2.45) is 24.3 Å². The maximum atomic E-state index is 14.1. The van der Waals surface area contributed by atoms with Gasteiger partial charge in [0.1, 0.15) is 4.88 Å². The van der Waals surface area contributed by atoms with E-state index in [1.54, 1.807) is 18.0 Å². The molecule has 0 radical (unpaired) electrons. The molecule has 0 aromatic carbocycles. The number of rotatable bonds is 6. The lowest BCUT2D eigenvalue weighted by Crippen LogP contribution is -2.51. The van der Waals surface area contributed by atoms with Crippen LogP contribution in [0, 0.1) is 29.1 Å². The Morgan fingerprint density at radius 1 is 1.13 bits per heavy atom. The number of aryl methyl sites for hydroxylation is 1. The number of nitrogens with zero attached hydrogens (tertiary/aromatic N) is 4. The number of aromatic nitrogens is 2. The number of thiophene rings is 1. The molecule has 0 unspecified atom stereocenters. The van der Waals surface area contributed by atoms with Gasteiger partial charge in [-0.15, -0.1) is 11.3 Å². The fourth-order valence-electron chi connectivity index (χ4n) is 5.31. The third-order valence-electron chi connectivity index (χ3n) is 7.50. The topological polar surface area (TPSA) is 113 Å². The Hall–Kier alpha value is -2.68. The van der Waals surface area contributed by atoms with Crippen LogP contribution in [0.5, 0.6) is 0 Å². The highest BCUT2D eigenvalue weighted by atomic mass is 32.2. The Morgan fingerprint density at radius 3 is 2.31 bits per heavy atom. The van der Waals surface area contributed by atoms with E-state index in [4.69, 9.17) is 0 Å². The second kappa shape index (κ2) is 11.4. The van der Waals surface area contributed by atoms with Crippen LogP contribution in [0.2, 0.25) is 0 Å². The molecule has 1 aliphatic heterocycles. The zero-order valence-corrected chi connectivity index (χ0v) is 24.9. The summed E-state index contributed by atoms with van der Waals surface area (Å²) in [6.07, 6.45) is 5.73. The van der Waals surface area contributed by atoms with Gasteiger partial charge in [-0.25, -0.2) is 13.2 Å². The predicted octanol–water partition coefficient (Wildman–Crippen LogP) is 4.59. The third kappa shape index (κ3) is 6.56. The molecular weight excluding hydrogens is 536 g/mol. The fraction of sp³-hybridized carbons (Fsp3) is 0.607. The zero-order valence-electron chi connectivity index (χ0n) is 23.3. The number of hydrogen-bond acceptors (Lipinski definition) is 6. The van der Waals surface area contributed by atoms with E-state index in [1.165, 1.54) is 21.3 Å². The Morgan fingerprint density at radius 2 is 1.77 bits per heavy atom. The van der Waals surface area contributed by atoms with Gasteiger partial charge in [0.15, 0.2) is 5.03 Å².